The zero-order chi connectivity index (χ0) is 22.1. The minimum atomic E-state index is -0.331. The summed E-state index contributed by atoms with van der Waals surface area (Å²) in [5.41, 5.74) is 1.06. The van der Waals surface area contributed by atoms with Crippen molar-refractivity contribution in [3.8, 4) is 11.5 Å². The van der Waals surface area contributed by atoms with Gasteiger partial charge in [-0.3, -0.25) is 9.36 Å². The van der Waals surface area contributed by atoms with Crippen molar-refractivity contribution < 1.29 is 14.3 Å². The van der Waals surface area contributed by atoms with E-state index in [1.54, 1.807) is 13.2 Å². The lowest BCUT2D eigenvalue weighted by atomic mass is 10.2. The van der Waals surface area contributed by atoms with E-state index in [4.69, 9.17) is 9.47 Å². The van der Waals surface area contributed by atoms with Crippen molar-refractivity contribution in [3.63, 3.8) is 0 Å². The summed E-state index contributed by atoms with van der Waals surface area (Å²) in [6.07, 6.45) is 1.44. The third-order valence-corrected chi connectivity index (χ3v) is 5.42. The molecule has 31 heavy (non-hydrogen) atoms. The van der Waals surface area contributed by atoms with Gasteiger partial charge in [0.1, 0.15) is 11.5 Å². The number of carbonyl (C=O) groups is 1. The lowest BCUT2D eigenvalue weighted by Crippen LogP contribution is -2.24. The Hall–Kier alpha value is -3.26. The highest BCUT2D eigenvalue weighted by Gasteiger charge is 2.19. The summed E-state index contributed by atoms with van der Waals surface area (Å²) < 4.78 is 13.1. The van der Waals surface area contributed by atoms with Gasteiger partial charge in [0.15, 0.2) is 17.1 Å². The number of allylic oxidation sites excluding steroid dienone is 1. The van der Waals surface area contributed by atoms with Crippen molar-refractivity contribution in [1.29, 1.82) is 0 Å². The van der Waals surface area contributed by atoms with Crippen molar-refractivity contribution >= 4 is 17.7 Å². The van der Waals surface area contributed by atoms with Crippen LogP contribution in [0.2, 0.25) is 0 Å². The maximum absolute atomic E-state index is 12.2. The van der Waals surface area contributed by atoms with Gasteiger partial charge >= 0.3 is 0 Å². The van der Waals surface area contributed by atoms with Gasteiger partial charge in [0, 0.05) is 13.1 Å². The molecule has 1 N–H and O–H groups in total. The molecule has 1 heterocycles. The molecular formula is C23H26N4O3S. The Labute approximate surface area is 186 Å². The van der Waals surface area contributed by atoms with Gasteiger partial charge in [0.25, 0.3) is 0 Å². The Kier molecular flexibility index (Phi) is 8.12. The molecule has 0 fully saturated rings. The smallest absolute Gasteiger partial charge is 0.230 e. The van der Waals surface area contributed by atoms with E-state index < -0.39 is 0 Å². The van der Waals surface area contributed by atoms with Crippen LogP contribution in [0, 0.1) is 0 Å². The molecular weight excluding hydrogens is 412 g/mol. The zero-order valence-corrected chi connectivity index (χ0v) is 18.5. The molecule has 0 spiro atoms. The summed E-state index contributed by atoms with van der Waals surface area (Å²) >= 11 is 1.34. The second-order valence-corrected chi connectivity index (χ2v) is 7.67. The summed E-state index contributed by atoms with van der Waals surface area (Å²) in [7, 11) is 1.62. The number of aromatic nitrogens is 3. The topological polar surface area (TPSA) is 78.3 Å². The molecule has 0 aliphatic carbocycles. The first kappa shape index (κ1) is 22.4. The number of amides is 1. The molecule has 162 valence electrons. The van der Waals surface area contributed by atoms with Crippen LogP contribution >= 0.6 is 11.8 Å². The molecule has 0 saturated heterocycles. The molecule has 3 rings (SSSR count). The number of ether oxygens (including phenoxy) is 2. The van der Waals surface area contributed by atoms with Crippen molar-refractivity contribution in [1.82, 2.24) is 20.1 Å². The first-order chi connectivity index (χ1) is 15.1. The molecule has 0 saturated carbocycles. The van der Waals surface area contributed by atoms with Crippen LogP contribution in [-0.2, 0) is 17.9 Å². The Balaban J connectivity index is 1.60. The molecule has 0 aliphatic rings. The van der Waals surface area contributed by atoms with E-state index in [1.807, 2.05) is 66.1 Å². The summed E-state index contributed by atoms with van der Waals surface area (Å²) in [6.45, 7) is 6.75. The molecule has 0 radical (unpaired) electrons. The Morgan fingerprint density at radius 2 is 1.87 bits per heavy atom. The number of methoxy groups -OCH3 is 1. The van der Waals surface area contributed by atoms with Gasteiger partial charge in [-0.15, -0.1) is 16.8 Å². The molecule has 1 atom stereocenters. The lowest BCUT2D eigenvalue weighted by Gasteiger charge is -2.16. The Morgan fingerprint density at radius 1 is 1.16 bits per heavy atom. The van der Waals surface area contributed by atoms with Gasteiger partial charge in [0.05, 0.1) is 12.9 Å². The van der Waals surface area contributed by atoms with Crippen LogP contribution in [0.25, 0.3) is 0 Å². The fourth-order valence-electron chi connectivity index (χ4n) is 2.90. The fraction of sp³-hybridized carbons (Fsp3) is 0.261. The number of carbonyl (C=O) groups excluding carboxylic acids is 1. The normalized spacial score (nSPS) is 11.5. The minimum absolute atomic E-state index is 0.0638. The summed E-state index contributed by atoms with van der Waals surface area (Å²) in [6, 6.07) is 17.2. The lowest BCUT2D eigenvalue weighted by molar-refractivity contribution is -0.118. The molecule has 2 aromatic carbocycles. The quantitative estimate of drug-likeness (QED) is 0.360. The van der Waals surface area contributed by atoms with E-state index in [1.165, 1.54) is 11.8 Å². The number of nitrogens with zero attached hydrogens (tertiary/aromatic N) is 3. The highest BCUT2D eigenvalue weighted by Crippen LogP contribution is 2.26. The van der Waals surface area contributed by atoms with Crippen LogP contribution < -0.4 is 14.8 Å². The van der Waals surface area contributed by atoms with Gasteiger partial charge in [-0.2, -0.15) is 0 Å². The molecule has 3 aromatic rings. The van der Waals surface area contributed by atoms with Crippen LogP contribution in [0.4, 0.5) is 0 Å². The zero-order valence-electron chi connectivity index (χ0n) is 17.7. The number of nitrogens with one attached hydrogen (secondary N) is 1. The standard InChI is InChI=1S/C23H26N4O3S/c1-4-14-27-22(17(2)30-20-12-10-19(29-3)11-13-20)25-26-23(27)31-16-21(28)24-15-18-8-6-5-7-9-18/h4-13,17H,1,14-16H2,2-3H3,(H,24,28). The van der Waals surface area contributed by atoms with E-state index in [-0.39, 0.29) is 17.8 Å². The first-order valence-electron chi connectivity index (χ1n) is 9.89. The predicted molar refractivity (Wildman–Crippen MR) is 121 cm³/mol. The van der Waals surface area contributed by atoms with Gasteiger partial charge in [-0.05, 0) is 36.8 Å². The maximum atomic E-state index is 12.2. The van der Waals surface area contributed by atoms with Crippen LogP contribution in [-0.4, -0.2) is 33.5 Å². The average molecular weight is 439 g/mol. The summed E-state index contributed by atoms with van der Waals surface area (Å²) in [4.78, 5) is 12.2. The predicted octanol–water partition coefficient (Wildman–Crippen LogP) is 4.02. The van der Waals surface area contributed by atoms with E-state index in [0.29, 0.717) is 29.8 Å². The third kappa shape index (κ3) is 6.36. The number of hydrogen-bond acceptors (Lipinski definition) is 6. The monoisotopic (exact) mass is 438 g/mol. The number of benzene rings is 2. The van der Waals surface area contributed by atoms with Crippen LogP contribution in [0.1, 0.15) is 24.4 Å². The van der Waals surface area contributed by atoms with Gasteiger partial charge in [-0.1, -0.05) is 48.2 Å². The minimum Gasteiger partial charge on any atom is -0.497 e. The van der Waals surface area contributed by atoms with Crippen molar-refractivity contribution in [2.45, 2.75) is 31.3 Å². The first-order valence-corrected chi connectivity index (χ1v) is 10.9. The molecule has 8 heteroatoms. The molecule has 7 nitrogen and oxygen atoms in total. The van der Waals surface area contributed by atoms with Gasteiger partial charge in [0.2, 0.25) is 5.91 Å². The maximum Gasteiger partial charge on any atom is 0.230 e. The van der Waals surface area contributed by atoms with Crippen LogP contribution in [0.15, 0.2) is 72.4 Å². The van der Waals surface area contributed by atoms with E-state index in [9.17, 15) is 4.79 Å². The second-order valence-electron chi connectivity index (χ2n) is 6.73. The molecule has 0 bridgehead atoms. The van der Waals surface area contributed by atoms with Crippen molar-refractivity contribution in [3.05, 3.63) is 78.6 Å². The highest BCUT2D eigenvalue weighted by molar-refractivity contribution is 7.99. The van der Waals surface area contributed by atoms with E-state index in [2.05, 4.69) is 22.1 Å². The van der Waals surface area contributed by atoms with E-state index >= 15 is 0 Å². The number of rotatable bonds is 11. The average Bonchev–Trinajstić information content (AvgIpc) is 3.20. The summed E-state index contributed by atoms with van der Waals surface area (Å²) in [5.74, 6) is 2.32. The largest absolute Gasteiger partial charge is 0.497 e. The third-order valence-electron chi connectivity index (χ3n) is 4.46. The van der Waals surface area contributed by atoms with E-state index in [0.717, 1.165) is 11.3 Å². The van der Waals surface area contributed by atoms with Gasteiger partial charge < -0.3 is 14.8 Å². The Bertz CT molecular complexity index is 990. The molecule has 1 aromatic heterocycles. The second kappa shape index (κ2) is 11.2. The summed E-state index contributed by atoms with van der Waals surface area (Å²) in [5, 5.41) is 12.1. The number of hydrogen-bond donors (Lipinski definition) is 1. The van der Waals surface area contributed by atoms with Crippen LogP contribution in [0.5, 0.6) is 11.5 Å². The van der Waals surface area contributed by atoms with Crippen molar-refractivity contribution in [2.75, 3.05) is 12.9 Å². The fourth-order valence-corrected chi connectivity index (χ4v) is 3.68. The molecule has 0 aliphatic heterocycles. The SMILES string of the molecule is C=CCn1c(SCC(=O)NCc2ccccc2)nnc1C(C)Oc1ccc(OC)cc1. The Morgan fingerprint density at radius 3 is 2.55 bits per heavy atom. The van der Waals surface area contributed by atoms with Crippen LogP contribution in [0.3, 0.4) is 0 Å². The highest BCUT2D eigenvalue weighted by atomic mass is 32.2. The molecule has 1 amide bonds. The van der Waals surface area contributed by atoms with Gasteiger partial charge in [-0.25, -0.2) is 0 Å². The van der Waals surface area contributed by atoms with Crippen molar-refractivity contribution in [2.24, 2.45) is 0 Å². The number of thioether (sulfide) groups is 1. The molecule has 1 unspecified atom stereocenters.